The summed E-state index contributed by atoms with van der Waals surface area (Å²) in [6.07, 6.45) is 0.752. The molecule has 0 aliphatic carbocycles. The second kappa shape index (κ2) is 5.35. The van der Waals surface area contributed by atoms with Gasteiger partial charge in [0.15, 0.2) is 11.1 Å². The lowest BCUT2D eigenvalue weighted by Gasteiger charge is -2.16. The van der Waals surface area contributed by atoms with Gasteiger partial charge in [0.25, 0.3) is 0 Å². The van der Waals surface area contributed by atoms with Gasteiger partial charge in [0.1, 0.15) is 5.75 Å². The highest BCUT2D eigenvalue weighted by Crippen LogP contribution is 2.30. The Kier molecular flexibility index (Phi) is 3.81. The fourth-order valence-electron chi connectivity index (χ4n) is 1.67. The third kappa shape index (κ3) is 2.79. The molecule has 0 aliphatic heterocycles. The monoisotopic (exact) mass is 263 g/mol. The van der Waals surface area contributed by atoms with E-state index >= 15 is 0 Å². The topological polar surface area (TPSA) is 61.0 Å². The van der Waals surface area contributed by atoms with E-state index in [0.29, 0.717) is 5.13 Å². The molecule has 1 heterocycles. The molecule has 1 unspecified atom stereocenters. The van der Waals surface area contributed by atoms with Crippen LogP contribution in [0.2, 0.25) is 0 Å². The van der Waals surface area contributed by atoms with Crippen LogP contribution in [0.25, 0.3) is 0 Å². The number of aromatic nitrogens is 2. The summed E-state index contributed by atoms with van der Waals surface area (Å²) >= 11 is 1.38. The summed E-state index contributed by atoms with van der Waals surface area (Å²) in [6.45, 7) is 6.15. The molecule has 2 N–H and O–H groups in total. The van der Waals surface area contributed by atoms with Crippen molar-refractivity contribution in [3.8, 4) is 5.75 Å². The van der Waals surface area contributed by atoms with E-state index in [1.165, 1.54) is 16.9 Å². The van der Waals surface area contributed by atoms with Crippen LogP contribution in [0.5, 0.6) is 5.75 Å². The first-order valence-electron chi connectivity index (χ1n) is 5.93. The van der Waals surface area contributed by atoms with E-state index in [-0.39, 0.29) is 6.10 Å². The zero-order chi connectivity index (χ0) is 13.1. The van der Waals surface area contributed by atoms with Crippen molar-refractivity contribution >= 4 is 16.5 Å². The molecule has 1 aromatic heterocycles. The Labute approximate surface area is 111 Å². The summed E-state index contributed by atoms with van der Waals surface area (Å²) in [4.78, 5) is 0. The molecular weight excluding hydrogens is 246 g/mol. The largest absolute Gasteiger partial charge is 0.483 e. The van der Waals surface area contributed by atoms with Crippen molar-refractivity contribution in [2.75, 3.05) is 5.73 Å². The highest BCUT2D eigenvalue weighted by atomic mass is 32.1. The quantitative estimate of drug-likeness (QED) is 0.919. The standard InChI is InChI=1S/C13H17N3OS/c1-4-10(12-15-16-13(14)18-12)17-11-7-8(2)5-6-9(11)3/h5-7,10H,4H2,1-3H3,(H2,14,16). The van der Waals surface area contributed by atoms with Gasteiger partial charge in [-0.2, -0.15) is 0 Å². The molecule has 0 radical (unpaired) electrons. The van der Waals surface area contributed by atoms with Crippen LogP contribution in [0.3, 0.4) is 0 Å². The van der Waals surface area contributed by atoms with E-state index in [2.05, 4.69) is 36.2 Å². The fraction of sp³-hybridized carbons (Fsp3) is 0.385. The van der Waals surface area contributed by atoms with Gasteiger partial charge in [-0.05, 0) is 37.5 Å². The fourth-order valence-corrected chi connectivity index (χ4v) is 2.40. The number of aryl methyl sites for hydroxylation is 2. The minimum atomic E-state index is -0.0831. The summed E-state index contributed by atoms with van der Waals surface area (Å²) in [5.41, 5.74) is 7.91. The molecule has 1 aromatic carbocycles. The van der Waals surface area contributed by atoms with Gasteiger partial charge in [-0.3, -0.25) is 0 Å². The average Bonchev–Trinajstić information content (AvgIpc) is 2.77. The number of hydrogen-bond acceptors (Lipinski definition) is 5. The maximum absolute atomic E-state index is 6.03. The number of rotatable bonds is 4. The Hall–Kier alpha value is -1.62. The zero-order valence-corrected chi connectivity index (χ0v) is 11.6. The van der Waals surface area contributed by atoms with E-state index in [1.807, 2.05) is 13.0 Å². The van der Waals surface area contributed by atoms with Crippen molar-refractivity contribution in [3.05, 3.63) is 34.3 Å². The summed E-state index contributed by atoms with van der Waals surface area (Å²) in [5.74, 6) is 0.899. The van der Waals surface area contributed by atoms with E-state index in [9.17, 15) is 0 Å². The number of nitrogen functional groups attached to an aromatic ring is 1. The van der Waals surface area contributed by atoms with Crippen molar-refractivity contribution in [2.24, 2.45) is 0 Å². The molecule has 96 valence electrons. The van der Waals surface area contributed by atoms with Crippen molar-refractivity contribution in [1.29, 1.82) is 0 Å². The number of benzene rings is 1. The minimum Gasteiger partial charge on any atom is -0.483 e. The molecule has 0 fully saturated rings. The maximum atomic E-state index is 6.03. The lowest BCUT2D eigenvalue weighted by atomic mass is 10.1. The number of nitrogens with two attached hydrogens (primary N) is 1. The van der Waals surface area contributed by atoms with Gasteiger partial charge in [0, 0.05) is 0 Å². The summed E-state index contributed by atoms with van der Waals surface area (Å²) in [5, 5.41) is 9.20. The maximum Gasteiger partial charge on any atom is 0.203 e. The second-order valence-corrected chi connectivity index (χ2v) is 5.30. The molecule has 0 bridgehead atoms. The van der Waals surface area contributed by atoms with E-state index in [4.69, 9.17) is 10.5 Å². The Morgan fingerprint density at radius 3 is 2.72 bits per heavy atom. The van der Waals surface area contributed by atoms with Crippen LogP contribution in [0.15, 0.2) is 18.2 Å². The Morgan fingerprint density at radius 1 is 1.33 bits per heavy atom. The number of ether oxygens (including phenoxy) is 1. The smallest absolute Gasteiger partial charge is 0.203 e. The van der Waals surface area contributed by atoms with Crippen molar-refractivity contribution in [2.45, 2.75) is 33.3 Å². The van der Waals surface area contributed by atoms with Crippen LogP contribution in [0, 0.1) is 13.8 Å². The Balaban J connectivity index is 2.22. The van der Waals surface area contributed by atoms with Crippen molar-refractivity contribution in [1.82, 2.24) is 10.2 Å². The number of hydrogen-bond donors (Lipinski definition) is 1. The highest BCUT2D eigenvalue weighted by molar-refractivity contribution is 7.15. The Morgan fingerprint density at radius 2 is 2.11 bits per heavy atom. The normalized spacial score (nSPS) is 12.4. The van der Waals surface area contributed by atoms with E-state index in [0.717, 1.165) is 22.7 Å². The SMILES string of the molecule is CCC(Oc1cc(C)ccc1C)c1nnc(N)s1. The third-order valence-corrected chi connectivity index (χ3v) is 3.56. The van der Waals surface area contributed by atoms with Crippen molar-refractivity contribution < 1.29 is 4.74 Å². The first-order valence-corrected chi connectivity index (χ1v) is 6.74. The van der Waals surface area contributed by atoms with Gasteiger partial charge in [-0.15, -0.1) is 10.2 Å². The van der Waals surface area contributed by atoms with Gasteiger partial charge >= 0.3 is 0 Å². The number of nitrogens with zero attached hydrogens (tertiary/aromatic N) is 2. The van der Waals surface area contributed by atoms with Gasteiger partial charge in [-0.25, -0.2) is 0 Å². The van der Waals surface area contributed by atoms with Gasteiger partial charge in [0.05, 0.1) is 0 Å². The van der Waals surface area contributed by atoms with Crippen molar-refractivity contribution in [3.63, 3.8) is 0 Å². The molecule has 0 saturated heterocycles. The predicted octanol–water partition coefficient (Wildman–Crippen LogP) is 3.27. The molecular formula is C13H17N3OS. The van der Waals surface area contributed by atoms with Gasteiger partial charge < -0.3 is 10.5 Å². The zero-order valence-electron chi connectivity index (χ0n) is 10.8. The number of anilines is 1. The lowest BCUT2D eigenvalue weighted by molar-refractivity contribution is 0.198. The van der Waals surface area contributed by atoms with E-state index in [1.54, 1.807) is 0 Å². The molecule has 5 heteroatoms. The third-order valence-electron chi connectivity index (χ3n) is 2.72. The van der Waals surface area contributed by atoms with Crippen LogP contribution in [-0.2, 0) is 0 Å². The second-order valence-electron chi connectivity index (χ2n) is 4.26. The Bertz CT molecular complexity index is 539. The average molecular weight is 263 g/mol. The summed E-state index contributed by atoms with van der Waals surface area (Å²) in [6, 6.07) is 6.18. The minimum absolute atomic E-state index is 0.0831. The first kappa shape index (κ1) is 12.8. The first-order chi connectivity index (χ1) is 8.60. The molecule has 2 rings (SSSR count). The molecule has 0 saturated carbocycles. The summed E-state index contributed by atoms with van der Waals surface area (Å²) in [7, 11) is 0. The molecule has 18 heavy (non-hydrogen) atoms. The molecule has 1 atom stereocenters. The molecule has 2 aromatic rings. The van der Waals surface area contributed by atoms with Crippen LogP contribution in [-0.4, -0.2) is 10.2 Å². The van der Waals surface area contributed by atoms with Crippen LogP contribution < -0.4 is 10.5 Å². The van der Waals surface area contributed by atoms with Gasteiger partial charge in [0.2, 0.25) is 5.13 Å². The predicted molar refractivity (Wildman–Crippen MR) is 73.9 cm³/mol. The van der Waals surface area contributed by atoms with Crippen LogP contribution in [0.4, 0.5) is 5.13 Å². The van der Waals surface area contributed by atoms with Crippen LogP contribution >= 0.6 is 11.3 Å². The lowest BCUT2D eigenvalue weighted by Crippen LogP contribution is -2.07. The highest BCUT2D eigenvalue weighted by Gasteiger charge is 2.17. The molecule has 0 spiro atoms. The van der Waals surface area contributed by atoms with Crippen LogP contribution in [0.1, 0.15) is 35.6 Å². The van der Waals surface area contributed by atoms with E-state index < -0.39 is 0 Å². The summed E-state index contributed by atoms with van der Waals surface area (Å²) < 4.78 is 6.03. The molecule has 0 aliphatic rings. The van der Waals surface area contributed by atoms with Gasteiger partial charge in [-0.1, -0.05) is 30.4 Å². The molecule has 0 amide bonds. The molecule has 4 nitrogen and oxygen atoms in total.